The molecule has 1 aromatic carbocycles. The fourth-order valence-corrected chi connectivity index (χ4v) is 3.23. The largest absolute Gasteiger partial charge is 0.477 e. The molecule has 1 aliphatic rings. The number of halogens is 1. The fraction of sp³-hybridized carbons (Fsp3) is 0.500. The van der Waals surface area contributed by atoms with Gasteiger partial charge in [0.2, 0.25) is 5.88 Å². The van der Waals surface area contributed by atoms with E-state index in [4.69, 9.17) is 9.84 Å². The van der Waals surface area contributed by atoms with Gasteiger partial charge in [0.25, 0.3) is 0 Å². The summed E-state index contributed by atoms with van der Waals surface area (Å²) < 4.78 is 22.2. The lowest BCUT2D eigenvalue weighted by atomic mass is 9.98. The van der Waals surface area contributed by atoms with Crippen molar-refractivity contribution in [3.63, 3.8) is 0 Å². The quantitative estimate of drug-likeness (QED) is 0.866. The molecule has 4 nitrogen and oxygen atoms in total. The molecule has 5 heteroatoms. The molecule has 0 N–H and O–H groups in total. The van der Waals surface area contributed by atoms with Crippen molar-refractivity contribution in [2.45, 2.75) is 26.3 Å². The molecule has 3 rings (SSSR count). The van der Waals surface area contributed by atoms with Gasteiger partial charge in [-0.05, 0) is 32.1 Å². The van der Waals surface area contributed by atoms with Gasteiger partial charge in [-0.25, -0.2) is 9.07 Å². The molecule has 1 unspecified atom stereocenters. The van der Waals surface area contributed by atoms with E-state index in [1.54, 1.807) is 12.1 Å². The van der Waals surface area contributed by atoms with Gasteiger partial charge in [0.15, 0.2) is 0 Å². The van der Waals surface area contributed by atoms with Crippen LogP contribution < -0.4 is 4.74 Å². The molecule has 1 aliphatic heterocycles. The van der Waals surface area contributed by atoms with Crippen molar-refractivity contribution < 1.29 is 9.13 Å². The van der Waals surface area contributed by atoms with Crippen molar-refractivity contribution in [3.05, 3.63) is 35.6 Å². The van der Waals surface area contributed by atoms with E-state index in [1.807, 2.05) is 10.7 Å². The van der Waals surface area contributed by atoms with E-state index in [1.165, 1.54) is 6.07 Å². The van der Waals surface area contributed by atoms with Crippen LogP contribution in [0.1, 0.15) is 25.3 Å². The summed E-state index contributed by atoms with van der Waals surface area (Å²) in [5, 5.41) is 4.69. The van der Waals surface area contributed by atoms with Gasteiger partial charge in [-0.15, -0.1) is 0 Å². The van der Waals surface area contributed by atoms with Crippen LogP contribution in [0.25, 0.3) is 11.3 Å². The van der Waals surface area contributed by atoms with E-state index < -0.39 is 0 Å². The first-order valence-corrected chi connectivity index (χ1v) is 8.10. The summed E-state index contributed by atoms with van der Waals surface area (Å²) in [6, 6.07) is 6.81. The van der Waals surface area contributed by atoms with Gasteiger partial charge < -0.3 is 9.64 Å². The van der Waals surface area contributed by atoms with Gasteiger partial charge in [-0.2, -0.15) is 5.10 Å². The molecule has 0 saturated carbocycles. The number of hydrogen-bond acceptors (Lipinski definition) is 3. The summed E-state index contributed by atoms with van der Waals surface area (Å²) in [6.07, 6.45) is 0. The Hall–Kier alpha value is -1.88. The van der Waals surface area contributed by atoms with E-state index in [0.717, 1.165) is 24.5 Å². The standard InChI is InChI=1S/C18H24FN3O/c1-12(2)16-17(14-7-5-6-8-15(14)19)20-22-10-13(9-21(3)4)11-23-18(16)22/h5-8,12-13H,9-11H2,1-4H3. The first-order chi connectivity index (χ1) is 11.0. The van der Waals surface area contributed by atoms with E-state index in [0.29, 0.717) is 23.8 Å². The van der Waals surface area contributed by atoms with E-state index in [2.05, 4.69) is 32.8 Å². The zero-order chi connectivity index (χ0) is 16.6. The van der Waals surface area contributed by atoms with Crippen LogP contribution in [-0.2, 0) is 6.54 Å². The molecule has 0 fully saturated rings. The van der Waals surface area contributed by atoms with Crippen molar-refractivity contribution in [2.24, 2.45) is 5.92 Å². The molecule has 0 amide bonds. The normalized spacial score (nSPS) is 17.4. The fourth-order valence-electron chi connectivity index (χ4n) is 3.23. The summed E-state index contributed by atoms with van der Waals surface area (Å²) in [6.45, 7) is 6.63. The molecule has 124 valence electrons. The Kier molecular flexibility index (Phi) is 4.39. The van der Waals surface area contributed by atoms with E-state index >= 15 is 0 Å². The first-order valence-electron chi connectivity index (χ1n) is 8.10. The van der Waals surface area contributed by atoms with Gasteiger partial charge >= 0.3 is 0 Å². The number of benzene rings is 1. The maximum absolute atomic E-state index is 14.2. The predicted molar refractivity (Wildman–Crippen MR) is 89.2 cm³/mol. The highest BCUT2D eigenvalue weighted by molar-refractivity contribution is 5.67. The zero-order valence-electron chi connectivity index (χ0n) is 14.2. The van der Waals surface area contributed by atoms with Crippen molar-refractivity contribution in [3.8, 4) is 17.1 Å². The summed E-state index contributed by atoms with van der Waals surface area (Å²) in [5.41, 5.74) is 2.25. The lowest BCUT2D eigenvalue weighted by molar-refractivity contribution is 0.138. The zero-order valence-corrected chi connectivity index (χ0v) is 14.2. The number of fused-ring (bicyclic) bond motifs is 1. The molecule has 23 heavy (non-hydrogen) atoms. The smallest absolute Gasteiger partial charge is 0.215 e. The first kappa shape index (κ1) is 16.0. The van der Waals surface area contributed by atoms with Crippen LogP contribution in [0.2, 0.25) is 0 Å². The third-order valence-corrected chi connectivity index (χ3v) is 4.16. The van der Waals surface area contributed by atoms with Gasteiger partial charge in [-0.1, -0.05) is 26.0 Å². The Morgan fingerprint density at radius 1 is 1.35 bits per heavy atom. The van der Waals surface area contributed by atoms with Gasteiger partial charge in [0.1, 0.15) is 11.5 Å². The second kappa shape index (κ2) is 6.32. The number of aromatic nitrogens is 2. The highest BCUT2D eigenvalue weighted by Gasteiger charge is 2.29. The lowest BCUT2D eigenvalue weighted by Crippen LogP contribution is -2.33. The van der Waals surface area contributed by atoms with Crippen molar-refractivity contribution in [2.75, 3.05) is 27.2 Å². The second-order valence-corrected chi connectivity index (χ2v) is 6.82. The van der Waals surface area contributed by atoms with Crippen LogP contribution in [-0.4, -0.2) is 41.9 Å². The Morgan fingerprint density at radius 2 is 2.09 bits per heavy atom. The summed E-state index contributed by atoms with van der Waals surface area (Å²) in [4.78, 5) is 2.16. The molecule has 0 radical (unpaired) electrons. The third kappa shape index (κ3) is 3.11. The highest BCUT2D eigenvalue weighted by atomic mass is 19.1. The van der Waals surface area contributed by atoms with Crippen LogP contribution in [0.15, 0.2) is 24.3 Å². The van der Waals surface area contributed by atoms with Gasteiger partial charge in [-0.3, -0.25) is 0 Å². The minimum atomic E-state index is -0.241. The molecule has 1 atom stereocenters. The summed E-state index contributed by atoms with van der Waals surface area (Å²) in [5.74, 6) is 1.17. The minimum Gasteiger partial charge on any atom is -0.477 e. The van der Waals surface area contributed by atoms with Crippen LogP contribution in [0.4, 0.5) is 4.39 Å². The summed E-state index contributed by atoms with van der Waals surface area (Å²) in [7, 11) is 4.12. The monoisotopic (exact) mass is 317 g/mol. The maximum Gasteiger partial charge on any atom is 0.215 e. The highest BCUT2D eigenvalue weighted by Crippen LogP contribution is 2.39. The number of nitrogens with zero attached hydrogens (tertiary/aromatic N) is 3. The lowest BCUT2D eigenvalue weighted by Gasteiger charge is -2.27. The second-order valence-electron chi connectivity index (χ2n) is 6.82. The Morgan fingerprint density at radius 3 is 2.74 bits per heavy atom. The van der Waals surface area contributed by atoms with Gasteiger partial charge in [0.05, 0.1) is 13.2 Å². The number of rotatable bonds is 4. The van der Waals surface area contributed by atoms with Crippen LogP contribution in [0, 0.1) is 11.7 Å². The Labute approximate surface area is 136 Å². The maximum atomic E-state index is 14.2. The van der Waals surface area contributed by atoms with E-state index in [9.17, 15) is 4.39 Å². The third-order valence-electron chi connectivity index (χ3n) is 4.16. The molecule has 0 bridgehead atoms. The minimum absolute atomic E-state index is 0.221. The van der Waals surface area contributed by atoms with Crippen molar-refractivity contribution in [1.82, 2.24) is 14.7 Å². The predicted octanol–water partition coefficient (Wildman–Crippen LogP) is 3.38. The molecular weight excluding hydrogens is 293 g/mol. The van der Waals surface area contributed by atoms with Crippen LogP contribution in [0.3, 0.4) is 0 Å². The number of ether oxygens (including phenoxy) is 1. The van der Waals surface area contributed by atoms with Crippen molar-refractivity contribution >= 4 is 0 Å². The van der Waals surface area contributed by atoms with Crippen molar-refractivity contribution in [1.29, 1.82) is 0 Å². The van der Waals surface area contributed by atoms with Crippen LogP contribution in [0.5, 0.6) is 5.88 Å². The Bertz CT molecular complexity index is 694. The molecule has 2 aromatic rings. The number of hydrogen-bond donors (Lipinski definition) is 0. The molecule has 1 aromatic heterocycles. The average molecular weight is 317 g/mol. The molecular formula is C18H24FN3O. The van der Waals surface area contributed by atoms with Crippen LogP contribution >= 0.6 is 0 Å². The SMILES string of the molecule is CC(C)c1c(-c2ccccc2F)nn2c1OCC(CN(C)C)C2. The molecule has 2 heterocycles. The Balaban J connectivity index is 2.03. The molecule has 0 saturated heterocycles. The molecule has 0 spiro atoms. The van der Waals surface area contributed by atoms with Gasteiger partial charge in [0, 0.05) is 23.6 Å². The topological polar surface area (TPSA) is 30.3 Å². The van der Waals surface area contributed by atoms with E-state index in [-0.39, 0.29) is 11.7 Å². The average Bonchev–Trinajstić information content (AvgIpc) is 2.85. The molecule has 0 aliphatic carbocycles. The summed E-state index contributed by atoms with van der Waals surface area (Å²) >= 11 is 0.